The maximum Gasteiger partial charge on any atom is 0.210 e. The fourth-order valence-electron chi connectivity index (χ4n) is 1.93. The first-order chi connectivity index (χ1) is 10.0. The van der Waals surface area contributed by atoms with Crippen molar-refractivity contribution in [3.8, 4) is 11.5 Å². The molecule has 1 heterocycles. The second-order valence-corrected chi connectivity index (χ2v) is 6.18. The maximum atomic E-state index is 12.8. The first-order valence-electron chi connectivity index (χ1n) is 6.28. The topological polar surface area (TPSA) is 61.3 Å². The number of halogens is 1. The Hall–Kier alpha value is -1.47. The summed E-state index contributed by atoms with van der Waals surface area (Å²) in [6, 6.07) is 3.41. The number of methoxy groups -OCH3 is 2. The van der Waals surface area contributed by atoms with Crippen molar-refractivity contribution in [2.24, 2.45) is 0 Å². The third kappa shape index (κ3) is 2.94. The average molecular weight is 371 g/mol. The van der Waals surface area contributed by atoms with Crippen molar-refractivity contribution in [1.82, 2.24) is 9.59 Å². The van der Waals surface area contributed by atoms with Crippen LogP contribution in [0.1, 0.15) is 40.7 Å². The van der Waals surface area contributed by atoms with Crippen molar-refractivity contribution < 1.29 is 14.3 Å². The van der Waals surface area contributed by atoms with E-state index in [1.165, 1.54) is 7.11 Å². The van der Waals surface area contributed by atoms with Crippen LogP contribution >= 0.6 is 27.5 Å². The van der Waals surface area contributed by atoms with Crippen LogP contribution in [0.3, 0.4) is 0 Å². The van der Waals surface area contributed by atoms with Gasteiger partial charge in [-0.3, -0.25) is 4.79 Å². The highest BCUT2D eigenvalue weighted by molar-refractivity contribution is 9.10. The summed E-state index contributed by atoms with van der Waals surface area (Å²) in [5.41, 5.74) is 1.16. The molecule has 5 nitrogen and oxygen atoms in total. The minimum Gasteiger partial charge on any atom is -0.495 e. The lowest BCUT2D eigenvalue weighted by molar-refractivity contribution is 0.103. The molecule has 1 aromatic heterocycles. The summed E-state index contributed by atoms with van der Waals surface area (Å²) < 4.78 is 15.1. The molecular weight excluding hydrogens is 356 g/mol. The fourth-order valence-corrected chi connectivity index (χ4v) is 3.37. The molecular formula is C14H15BrN2O3S. The quantitative estimate of drug-likeness (QED) is 0.751. The number of carbonyl (C=O) groups is 1. The predicted molar refractivity (Wildman–Crippen MR) is 84.7 cm³/mol. The van der Waals surface area contributed by atoms with Gasteiger partial charge in [0.1, 0.15) is 20.8 Å². The second-order valence-electron chi connectivity index (χ2n) is 4.63. The zero-order valence-electron chi connectivity index (χ0n) is 12.1. The van der Waals surface area contributed by atoms with E-state index in [4.69, 9.17) is 9.47 Å². The van der Waals surface area contributed by atoms with Crippen molar-refractivity contribution in [3.05, 3.63) is 32.7 Å². The van der Waals surface area contributed by atoms with Crippen molar-refractivity contribution >= 4 is 33.2 Å². The average Bonchev–Trinajstić information content (AvgIpc) is 2.95. The lowest BCUT2D eigenvalue weighted by atomic mass is 10.0. The van der Waals surface area contributed by atoms with Crippen LogP contribution in [0.25, 0.3) is 0 Å². The van der Waals surface area contributed by atoms with E-state index in [-0.39, 0.29) is 11.7 Å². The normalized spacial score (nSPS) is 10.8. The summed E-state index contributed by atoms with van der Waals surface area (Å²) >= 11 is 4.50. The van der Waals surface area contributed by atoms with Gasteiger partial charge in [-0.25, -0.2) is 0 Å². The van der Waals surface area contributed by atoms with E-state index < -0.39 is 0 Å². The lowest BCUT2D eigenvalue weighted by Crippen LogP contribution is -2.07. The Morgan fingerprint density at radius 2 is 2.00 bits per heavy atom. The molecule has 1 aromatic carbocycles. The Balaban J connectivity index is 2.53. The number of ketones is 1. The first-order valence-corrected chi connectivity index (χ1v) is 7.85. The summed E-state index contributed by atoms with van der Waals surface area (Å²) in [7, 11) is 3.08. The van der Waals surface area contributed by atoms with E-state index in [0.29, 0.717) is 32.1 Å². The zero-order valence-corrected chi connectivity index (χ0v) is 14.5. The van der Waals surface area contributed by atoms with Gasteiger partial charge < -0.3 is 9.47 Å². The van der Waals surface area contributed by atoms with Crippen LogP contribution in [-0.2, 0) is 0 Å². The van der Waals surface area contributed by atoms with E-state index in [1.807, 2.05) is 13.8 Å². The van der Waals surface area contributed by atoms with Gasteiger partial charge in [-0.05, 0) is 45.5 Å². The molecule has 0 radical (unpaired) electrons. The Morgan fingerprint density at radius 3 is 2.57 bits per heavy atom. The summed E-state index contributed by atoms with van der Waals surface area (Å²) in [4.78, 5) is 13.3. The molecule has 0 aliphatic carbocycles. The van der Waals surface area contributed by atoms with Crippen LogP contribution in [0.2, 0.25) is 0 Å². The Bertz CT molecular complexity index is 670. The van der Waals surface area contributed by atoms with Gasteiger partial charge in [0, 0.05) is 0 Å². The minimum atomic E-state index is -0.145. The molecule has 7 heteroatoms. The van der Waals surface area contributed by atoms with E-state index in [9.17, 15) is 4.79 Å². The fraction of sp³-hybridized carbons (Fsp3) is 0.357. The van der Waals surface area contributed by atoms with Crippen LogP contribution in [-0.4, -0.2) is 29.6 Å². The molecule has 0 aliphatic rings. The molecule has 0 bridgehead atoms. The standard InChI is InChI=1S/C14H15BrN2O3S/c1-7(2)11-14(21-17-16-11)12(18)8-5-6-9(19-3)10(15)13(8)20-4/h5-7H,1-4H3. The molecule has 0 unspecified atom stereocenters. The highest BCUT2D eigenvalue weighted by Crippen LogP contribution is 2.38. The van der Waals surface area contributed by atoms with Crippen molar-refractivity contribution in [2.45, 2.75) is 19.8 Å². The Labute approximate surface area is 135 Å². The Kier molecular flexibility index (Phi) is 4.95. The molecule has 2 rings (SSSR count). The van der Waals surface area contributed by atoms with Gasteiger partial charge in [0.15, 0.2) is 0 Å². The summed E-state index contributed by atoms with van der Waals surface area (Å²) in [5, 5.41) is 4.04. The van der Waals surface area contributed by atoms with Crippen molar-refractivity contribution in [3.63, 3.8) is 0 Å². The number of aromatic nitrogens is 2. The number of benzene rings is 1. The van der Waals surface area contributed by atoms with Gasteiger partial charge >= 0.3 is 0 Å². The zero-order chi connectivity index (χ0) is 15.6. The summed E-state index contributed by atoms with van der Waals surface area (Å²) in [5.74, 6) is 1.04. The lowest BCUT2D eigenvalue weighted by Gasteiger charge is -2.12. The molecule has 112 valence electrons. The molecule has 0 N–H and O–H groups in total. The van der Waals surface area contributed by atoms with Crippen LogP contribution in [0.15, 0.2) is 16.6 Å². The number of carbonyl (C=O) groups excluding carboxylic acids is 1. The van der Waals surface area contributed by atoms with E-state index >= 15 is 0 Å². The molecule has 0 aliphatic heterocycles. The van der Waals surface area contributed by atoms with Gasteiger partial charge in [0.25, 0.3) is 0 Å². The molecule has 0 atom stereocenters. The number of ether oxygens (including phenoxy) is 2. The smallest absolute Gasteiger partial charge is 0.210 e. The van der Waals surface area contributed by atoms with Crippen LogP contribution in [0.4, 0.5) is 0 Å². The van der Waals surface area contributed by atoms with Crippen LogP contribution < -0.4 is 9.47 Å². The predicted octanol–water partition coefficient (Wildman–Crippen LogP) is 3.67. The molecule has 0 spiro atoms. The first kappa shape index (κ1) is 15.9. The highest BCUT2D eigenvalue weighted by atomic mass is 79.9. The number of hydrogen-bond acceptors (Lipinski definition) is 6. The summed E-state index contributed by atoms with van der Waals surface area (Å²) in [6.07, 6.45) is 0. The van der Waals surface area contributed by atoms with Gasteiger partial charge in [-0.1, -0.05) is 18.3 Å². The molecule has 0 fully saturated rings. The van der Waals surface area contributed by atoms with E-state index in [1.54, 1.807) is 19.2 Å². The van der Waals surface area contributed by atoms with E-state index in [0.717, 1.165) is 11.5 Å². The highest BCUT2D eigenvalue weighted by Gasteiger charge is 2.25. The SMILES string of the molecule is COc1ccc(C(=O)c2snnc2C(C)C)c(OC)c1Br. The largest absolute Gasteiger partial charge is 0.495 e. The van der Waals surface area contributed by atoms with Gasteiger partial charge in [0.05, 0.1) is 25.5 Å². The van der Waals surface area contributed by atoms with Crippen molar-refractivity contribution in [2.75, 3.05) is 14.2 Å². The molecule has 2 aromatic rings. The molecule has 0 saturated carbocycles. The van der Waals surface area contributed by atoms with E-state index in [2.05, 4.69) is 25.5 Å². The second kappa shape index (κ2) is 6.53. The summed E-state index contributed by atoms with van der Waals surface area (Å²) in [6.45, 7) is 3.96. The molecule has 0 saturated heterocycles. The Morgan fingerprint density at radius 1 is 1.29 bits per heavy atom. The number of nitrogens with zero attached hydrogens (tertiary/aromatic N) is 2. The third-order valence-electron chi connectivity index (χ3n) is 3.00. The van der Waals surface area contributed by atoms with Crippen molar-refractivity contribution in [1.29, 1.82) is 0 Å². The minimum absolute atomic E-state index is 0.135. The third-order valence-corrected chi connectivity index (χ3v) is 4.49. The van der Waals surface area contributed by atoms with Gasteiger partial charge in [0.2, 0.25) is 5.78 Å². The number of hydrogen-bond donors (Lipinski definition) is 0. The van der Waals surface area contributed by atoms with Gasteiger partial charge in [-0.15, -0.1) is 5.10 Å². The molecule has 21 heavy (non-hydrogen) atoms. The monoisotopic (exact) mass is 370 g/mol. The number of rotatable bonds is 5. The molecule has 0 amide bonds. The van der Waals surface area contributed by atoms with Crippen LogP contribution in [0, 0.1) is 0 Å². The van der Waals surface area contributed by atoms with Crippen LogP contribution in [0.5, 0.6) is 11.5 Å². The van der Waals surface area contributed by atoms with Gasteiger partial charge in [-0.2, -0.15) is 0 Å². The maximum absolute atomic E-state index is 12.8.